The Labute approximate surface area is 310 Å². The monoisotopic (exact) mass is 674 g/mol. The van der Waals surface area contributed by atoms with E-state index in [0.29, 0.717) is 55.8 Å². The van der Waals surface area contributed by atoms with E-state index in [0.717, 1.165) is 0 Å². The molecule has 0 amide bonds. The molecule has 1 saturated carbocycles. The van der Waals surface area contributed by atoms with Crippen LogP contribution in [-0.4, -0.2) is 44.9 Å². The van der Waals surface area contributed by atoms with Gasteiger partial charge < -0.3 is 39.1 Å². The maximum Gasteiger partial charge on any atom is 1.00 e. The van der Waals surface area contributed by atoms with E-state index in [1.165, 1.54) is 6.20 Å². The first kappa shape index (κ1) is 39.6. The van der Waals surface area contributed by atoms with Crippen molar-refractivity contribution < 1.29 is 139 Å². The third-order valence-electron chi connectivity index (χ3n) is 6.43. The minimum atomic E-state index is -5.77. The molecule has 14 nitrogen and oxygen atoms in total. The van der Waals surface area contributed by atoms with Crippen LogP contribution < -0.4 is 114 Å². The van der Waals surface area contributed by atoms with E-state index >= 15 is 0 Å². The van der Waals surface area contributed by atoms with Gasteiger partial charge in [0.1, 0.15) is 17.0 Å². The first-order valence-electron chi connectivity index (χ1n) is 12.1. The molecule has 2 N–H and O–H groups in total. The molecule has 2 atom stereocenters. The maximum atomic E-state index is 14.3. The predicted molar refractivity (Wildman–Crippen MR) is 126 cm³/mol. The molecule has 2 aliphatic rings. The first-order chi connectivity index (χ1) is 18.9. The number of benzene rings is 1. The van der Waals surface area contributed by atoms with Gasteiger partial charge in [-0.2, -0.15) is 4.98 Å². The van der Waals surface area contributed by atoms with E-state index < -0.39 is 44.9 Å². The van der Waals surface area contributed by atoms with Gasteiger partial charge in [0.25, 0.3) is 7.82 Å². The van der Waals surface area contributed by atoms with Gasteiger partial charge in [0.15, 0.2) is 17.3 Å². The van der Waals surface area contributed by atoms with E-state index in [1.54, 1.807) is 4.57 Å². The fourth-order valence-corrected chi connectivity index (χ4v) is 6.42. The number of hydrogen-bond acceptors (Lipinski definition) is 13. The average Bonchev–Trinajstić information content (AvgIpc) is 3.48. The van der Waals surface area contributed by atoms with Crippen molar-refractivity contribution in [3.63, 3.8) is 0 Å². The molecule has 2 fully saturated rings. The third kappa shape index (κ3) is 10.4. The molecule has 1 aromatic carbocycles. The quantitative estimate of drug-likeness (QED) is 0.161. The zero-order valence-corrected chi connectivity index (χ0v) is 31.3. The maximum absolute atomic E-state index is 14.3. The Balaban J connectivity index is 0.00000215. The number of rotatable bonds is 9. The van der Waals surface area contributed by atoms with Crippen LogP contribution in [0.15, 0.2) is 18.3 Å². The summed E-state index contributed by atoms with van der Waals surface area (Å²) in [6.45, 7) is 0.750. The molecule has 1 unspecified atom stereocenters. The topological polar surface area (TPSA) is 199 Å². The van der Waals surface area contributed by atoms with Crippen molar-refractivity contribution in [2.75, 3.05) is 23.8 Å². The summed E-state index contributed by atoms with van der Waals surface area (Å²) >= 11 is 0. The van der Waals surface area contributed by atoms with Gasteiger partial charge in [0, 0.05) is 24.8 Å². The molecule has 1 saturated heterocycles. The molecule has 218 valence electrons. The summed E-state index contributed by atoms with van der Waals surface area (Å²) in [4.78, 5) is 46.0. The Bertz CT molecular complexity index is 1490. The molecule has 0 radical (unpaired) electrons. The van der Waals surface area contributed by atoms with Crippen LogP contribution >= 0.6 is 15.6 Å². The summed E-state index contributed by atoms with van der Waals surface area (Å²) in [5, 5.41) is 5.74. The summed E-state index contributed by atoms with van der Waals surface area (Å²) in [5.74, 6) is -3.07. The number of aromatic nitrogens is 4. The largest absolute Gasteiger partial charge is 1.00 e. The standard InChI is InChI=1S/C21H25F3N6O8P2.3Na/c22-11-7-15(23)18(16(24)8-11)28-21-27-17-9-25-20(29-19(17)30(21)13-5-6-36-10-13)26-12-1-3-14(4-2-12)37-40(34,35)38-39(31,32)33;;;/h7-9,12-14H,1-6,10H2,(H,27,28)(H,34,35)(H,25,26,29)(H2,31,32,33);;;/q;3*+1/p-3/t12?,13-,14?;;;/m0.../s1. The number of nitrogens with zero attached hydrogens (tertiary/aromatic N) is 4. The van der Waals surface area contributed by atoms with Crippen molar-refractivity contribution in [3.8, 4) is 0 Å². The van der Waals surface area contributed by atoms with Crippen LogP contribution in [0.5, 0.6) is 0 Å². The summed E-state index contributed by atoms with van der Waals surface area (Å²) in [6.07, 6.45) is 2.32. The van der Waals surface area contributed by atoms with Crippen LogP contribution in [0.3, 0.4) is 0 Å². The van der Waals surface area contributed by atoms with E-state index in [4.69, 9.17) is 9.26 Å². The Morgan fingerprint density at radius 3 is 2.21 bits per heavy atom. The summed E-state index contributed by atoms with van der Waals surface area (Å²) < 4.78 is 79.6. The molecular weight excluding hydrogens is 652 g/mol. The van der Waals surface area contributed by atoms with Crippen LogP contribution in [0.2, 0.25) is 0 Å². The zero-order chi connectivity index (χ0) is 28.7. The number of halogens is 3. The fourth-order valence-electron chi connectivity index (χ4n) is 4.71. The van der Waals surface area contributed by atoms with Crippen molar-refractivity contribution in [2.24, 2.45) is 0 Å². The van der Waals surface area contributed by atoms with E-state index in [2.05, 4.69) is 29.9 Å². The van der Waals surface area contributed by atoms with E-state index in [1.807, 2.05) is 0 Å². The van der Waals surface area contributed by atoms with Gasteiger partial charge in [0.2, 0.25) is 11.9 Å². The Kier molecular flexibility index (Phi) is 15.2. The average molecular weight is 674 g/mol. The third-order valence-corrected chi connectivity index (χ3v) is 8.59. The molecule has 22 heteroatoms. The number of anilines is 3. The smallest absolute Gasteiger partial charge is 0.790 e. The predicted octanol–water partition coefficient (Wildman–Crippen LogP) is -6.99. The second-order valence-electron chi connectivity index (χ2n) is 9.29. The molecule has 0 spiro atoms. The molecule has 2 aromatic heterocycles. The molecule has 1 aliphatic carbocycles. The Morgan fingerprint density at radius 2 is 1.63 bits per heavy atom. The molecular formula is C21H22F3N6Na3O8P2. The number of phosphoric ester groups is 1. The fraction of sp³-hybridized carbons (Fsp3) is 0.476. The SMILES string of the molecule is O=P([O-])([O-])OP(=O)([O-])OC1CCC(Nc2ncc3nc(Nc4c(F)cc(F)cc4F)n([C@H]4CCOC4)c3n2)CC1.[Na+].[Na+].[Na+]. The van der Waals surface area contributed by atoms with Crippen LogP contribution in [0.4, 0.5) is 30.8 Å². The molecule has 0 bridgehead atoms. The van der Waals surface area contributed by atoms with Crippen molar-refractivity contribution >= 4 is 44.4 Å². The normalized spacial score (nSPS) is 21.7. The van der Waals surface area contributed by atoms with Crippen molar-refractivity contribution in [2.45, 2.75) is 50.3 Å². The number of ether oxygens (including phenoxy) is 1. The Hall–Kier alpha value is 0.380. The van der Waals surface area contributed by atoms with Crippen LogP contribution in [-0.2, 0) is 22.7 Å². The first-order valence-corrected chi connectivity index (χ1v) is 15.0. The summed E-state index contributed by atoms with van der Waals surface area (Å²) in [6, 6.07) is 0.625. The van der Waals surface area contributed by atoms with Gasteiger partial charge in [-0.15, -0.1) is 0 Å². The molecule has 43 heavy (non-hydrogen) atoms. The second-order valence-corrected chi connectivity index (χ2v) is 11.9. The van der Waals surface area contributed by atoms with Crippen LogP contribution in [0.25, 0.3) is 11.2 Å². The van der Waals surface area contributed by atoms with Gasteiger partial charge >= 0.3 is 88.7 Å². The number of hydrogen-bond donors (Lipinski definition) is 2. The van der Waals surface area contributed by atoms with Gasteiger partial charge in [-0.25, -0.2) is 23.1 Å². The van der Waals surface area contributed by atoms with Gasteiger partial charge in [-0.1, -0.05) is 0 Å². The van der Waals surface area contributed by atoms with Crippen molar-refractivity contribution in [3.05, 3.63) is 35.8 Å². The number of nitrogens with one attached hydrogen (secondary N) is 2. The second kappa shape index (κ2) is 16.5. The van der Waals surface area contributed by atoms with Gasteiger partial charge in [0.05, 0.1) is 32.8 Å². The minimum absolute atomic E-state index is 0. The van der Waals surface area contributed by atoms with E-state index in [-0.39, 0.29) is 125 Å². The molecule has 5 rings (SSSR count). The van der Waals surface area contributed by atoms with Crippen LogP contribution in [0, 0.1) is 17.5 Å². The summed E-state index contributed by atoms with van der Waals surface area (Å²) in [7, 11) is -11.1. The van der Waals surface area contributed by atoms with Gasteiger partial charge in [-0.05, 0) is 32.1 Å². The van der Waals surface area contributed by atoms with E-state index in [9.17, 15) is 37.0 Å². The molecule has 1 aliphatic heterocycles. The van der Waals surface area contributed by atoms with Gasteiger partial charge in [-0.3, -0.25) is 13.4 Å². The molecule has 3 aromatic rings. The number of phosphoric acid groups is 2. The van der Waals surface area contributed by atoms with Crippen molar-refractivity contribution in [1.82, 2.24) is 19.5 Å². The van der Waals surface area contributed by atoms with Crippen LogP contribution in [0.1, 0.15) is 38.1 Å². The zero-order valence-electron chi connectivity index (χ0n) is 23.5. The van der Waals surface area contributed by atoms with Crippen molar-refractivity contribution in [1.29, 1.82) is 0 Å². The summed E-state index contributed by atoms with van der Waals surface area (Å²) in [5.41, 5.74) is 0.0864. The Morgan fingerprint density at radius 1 is 0.977 bits per heavy atom. The number of imidazole rings is 1. The molecule has 3 heterocycles. The minimum Gasteiger partial charge on any atom is -0.790 e. The number of fused-ring (bicyclic) bond motifs is 1.